The molecule has 8 heteroatoms. The lowest BCUT2D eigenvalue weighted by Gasteiger charge is -2.25. The Morgan fingerprint density at radius 2 is 2.00 bits per heavy atom. The Morgan fingerprint density at radius 3 is 2.62 bits per heavy atom. The van der Waals surface area contributed by atoms with Gasteiger partial charge in [-0.15, -0.1) is 0 Å². The monoisotopic (exact) mass is 418 g/mol. The maximum Gasteiger partial charge on any atom is 0.200 e. The molecule has 0 radical (unpaired) electrons. The highest BCUT2D eigenvalue weighted by atomic mass is 32.2. The third-order valence-electron chi connectivity index (χ3n) is 5.42. The molecule has 0 aromatic heterocycles. The second-order valence-corrected chi connectivity index (χ2v) is 9.84. The van der Waals surface area contributed by atoms with E-state index in [9.17, 15) is 23.1 Å². The first kappa shape index (κ1) is 21.2. The highest BCUT2D eigenvalue weighted by Gasteiger charge is 2.36. The van der Waals surface area contributed by atoms with Crippen LogP contribution in [-0.2, 0) is 14.6 Å². The quantitative estimate of drug-likeness (QED) is 0.442. The summed E-state index contributed by atoms with van der Waals surface area (Å²) >= 11 is 0. The molecule has 1 aromatic carbocycles. The van der Waals surface area contributed by atoms with Crippen LogP contribution in [0.5, 0.6) is 0 Å². The number of ketones is 2. The number of aliphatic hydroxyl groups excluding tert-OH is 1. The molecule has 7 nitrogen and oxygen atoms in total. The number of sulfone groups is 1. The van der Waals surface area contributed by atoms with Crippen molar-refractivity contribution >= 4 is 27.1 Å². The van der Waals surface area contributed by atoms with Crippen LogP contribution in [0.4, 0.5) is 0 Å². The lowest BCUT2D eigenvalue weighted by molar-refractivity contribution is -0.116. The van der Waals surface area contributed by atoms with Crippen molar-refractivity contribution in [2.45, 2.75) is 51.9 Å². The molecular formula is C21H26N2O5S. The SMILES string of the molecule is CCNN=C1CCS(=O)(=O)c2c(C)cc(C(=O)C3=C(O)CC(C)CC3=O)c(C)c21. The zero-order valence-electron chi connectivity index (χ0n) is 17.1. The van der Waals surface area contributed by atoms with Crippen LogP contribution in [0, 0.1) is 19.8 Å². The van der Waals surface area contributed by atoms with Crippen molar-refractivity contribution in [1.82, 2.24) is 5.43 Å². The summed E-state index contributed by atoms with van der Waals surface area (Å²) in [7, 11) is -3.50. The first-order chi connectivity index (χ1) is 13.6. The number of benzene rings is 1. The number of carbonyl (C=O) groups excluding carboxylic acids is 2. The summed E-state index contributed by atoms with van der Waals surface area (Å²) in [6.07, 6.45) is 0.720. The van der Waals surface area contributed by atoms with Gasteiger partial charge in [0.2, 0.25) is 0 Å². The number of hydrogen-bond acceptors (Lipinski definition) is 7. The Hall–Kier alpha value is -2.48. The maximum atomic E-state index is 13.2. The average molecular weight is 419 g/mol. The first-order valence-electron chi connectivity index (χ1n) is 9.75. The summed E-state index contributed by atoms with van der Waals surface area (Å²) in [6.45, 7) is 7.62. The fourth-order valence-corrected chi connectivity index (χ4v) is 5.89. The van der Waals surface area contributed by atoms with Crippen molar-refractivity contribution in [3.8, 4) is 0 Å². The number of rotatable bonds is 4. The van der Waals surface area contributed by atoms with Crippen LogP contribution in [-0.4, -0.2) is 43.1 Å². The Morgan fingerprint density at radius 1 is 1.31 bits per heavy atom. The van der Waals surface area contributed by atoms with Gasteiger partial charge < -0.3 is 10.5 Å². The minimum Gasteiger partial charge on any atom is -0.511 e. The number of hydrogen-bond donors (Lipinski definition) is 2. The van der Waals surface area contributed by atoms with Crippen LogP contribution in [0.3, 0.4) is 0 Å². The molecule has 1 aromatic rings. The van der Waals surface area contributed by atoms with Gasteiger partial charge in [0.05, 0.1) is 16.4 Å². The summed E-state index contributed by atoms with van der Waals surface area (Å²) in [5.74, 6) is -1.19. The van der Waals surface area contributed by atoms with Crippen molar-refractivity contribution in [2.24, 2.45) is 11.0 Å². The number of hydrazone groups is 1. The van der Waals surface area contributed by atoms with E-state index in [-0.39, 0.29) is 58.5 Å². The van der Waals surface area contributed by atoms with Crippen molar-refractivity contribution in [3.63, 3.8) is 0 Å². The number of nitrogens with zero attached hydrogens (tertiary/aromatic N) is 1. The number of allylic oxidation sites excluding steroid dienone is 2. The Balaban J connectivity index is 2.24. The minimum atomic E-state index is -3.50. The Labute approximate surface area is 170 Å². The van der Waals surface area contributed by atoms with Gasteiger partial charge in [0, 0.05) is 36.9 Å². The molecule has 0 fully saturated rings. The topological polar surface area (TPSA) is 113 Å². The molecule has 2 aliphatic rings. The van der Waals surface area contributed by atoms with Crippen molar-refractivity contribution < 1.29 is 23.1 Å². The molecule has 156 valence electrons. The van der Waals surface area contributed by atoms with Gasteiger partial charge in [0.1, 0.15) is 11.3 Å². The predicted molar refractivity (Wildman–Crippen MR) is 110 cm³/mol. The standard InChI is InChI=1S/C21H26N2O5S/c1-5-22-23-15-6-7-29(27,28)21-12(3)10-14(13(4)18(15)21)20(26)19-16(24)8-11(2)9-17(19)25/h10-11,22,24H,5-9H2,1-4H3. The van der Waals surface area contributed by atoms with Crippen LogP contribution in [0.25, 0.3) is 0 Å². The summed E-state index contributed by atoms with van der Waals surface area (Å²) in [4.78, 5) is 25.9. The second-order valence-electron chi connectivity index (χ2n) is 7.80. The molecule has 0 bridgehead atoms. The fraction of sp³-hybridized carbons (Fsp3) is 0.476. The molecule has 0 saturated carbocycles. The molecule has 1 aliphatic heterocycles. The Bertz CT molecular complexity index is 1070. The van der Waals surface area contributed by atoms with E-state index in [1.807, 2.05) is 13.8 Å². The number of carbonyl (C=O) groups is 2. The van der Waals surface area contributed by atoms with E-state index in [0.29, 0.717) is 28.9 Å². The molecule has 0 amide bonds. The lowest BCUT2D eigenvalue weighted by atomic mass is 9.83. The van der Waals surface area contributed by atoms with Gasteiger partial charge in [0.25, 0.3) is 0 Å². The maximum absolute atomic E-state index is 13.2. The van der Waals surface area contributed by atoms with Crippen LogP contribution in [0.15, 0.2) is 27.4 Å². The Kier molecular flexibility index (Phi) is 5.67. The van der Waals surface area contributed by atoms with Crippen LogP contribution in [0.1, 0.15) is 60.2 Å². The van der Waals surface area contributed by atoms with Gasteiger partial charge in [-0.05, 0) is 43.9 Å². The molecule has 1 aliphatic carbocycles. The highest BCUT2D eigenvalue weighted by Crippen LogP contribution is 2.35. The van der Waals surface area contributed by atoms with Crippen LogP contribution in [0.2, 0.25) is 0 Å². The number of fused-ring (bicyclic) bond motifs is 1. The lowest BCUT2D eigenvalue weighted by Crippen LogP contribution is -2.28. The summed E-state index contributed by atoms with van der Waals surface area (Å²) in [5.41, 5.74) is 4.82. The van der Waals surface area contributed by atoms with Crippen LogP contribution < -0.4 is 5.43 Å². The smallest absolute Gasteiger partial charge is 0.200 e. The van der Waals surface area contributed by atoms with E-state index in [1.54, 1.807) is 13.8 Å². The van der Waals surface area contributed by atoms with Gasteiger partial charge in [-0.3, -0.25) is 9.59 Å². The van der Waals surface area contributed by atoms with Crippen molar-refractivity contribution in [1.29, 1.82) is 0 Å². The fourth-order valence-electron chi connectivity index (χ4n) is 4.10. The van der Waals surface area contributed by atoms with E-state index in [2.05, 4.69) is 10.5 Å². The largest absolute Gasteiger partial charge is 0.511 e. The van der Waals surface area contributed by atoms with Crippen molar-refractivity contribution in [3.05, 3.63) is 39.7 Å². The van der Waals surface area contributed by atoms with Crippen LogP contribution >= 0.6 is 0 Å². The van der Waals surface area contributed by atoms with Gasteiger partial charge in [-0.1, -0.05) is 6.92 Å². The number of aryl methyl sites for hydroxylation is 1. The van der Waals surface area contributed by atoms with E-state index in [1.165, 1.54) is 6.07 Å². The average Bonchev–Trinajstić information content (AvgIpc) is 2.62. The molecule has 0 saturated heterocycles. The normalized spacial score (nSPS) is 22.6. The number of nitrogens with one attached hydrogen (secondary N) is 1. The van der Waals surface area contributed by atoms with Crippen molar-refractivity contribution in [2.75, 3.05) is 12.3 Å². The summed E-state index contributed by atoms with van der Waals surface area (Å²) in [6, 6.07) is 1.51. The molecule has 1 unspecified atom stereocenters. The van der Waals surface area contributed by atoms with E-state index >= 15 is 0 Å². The molecule has 3 rings (SSSR count). The van der Waals surface area contributed by atoms with E-state index in [0.717, 1.165) is 0 Å². The molecule has 0 spiro atoms. The predicted octanol–water partition coefficient (Wildman–Crippen LogP) is 2.79. The number of aliphatic hydroxyl groups is 1. The summed E-state index contributed by atoms with van der Waals surface area (Å²) in [5, 5.41) is 14.6. The first-order valence-corrected chi connectivity index (χ1v) is 11.4. The van der Waals surface area contributed by atoms with Gasteiger partial charge in [-0.25, -0.2) is 8.42 Å². The summed E-state index contributed by atoms with van der Waals surface area (Å²) < 4.78 is 25.4. The molecule has 29 heavy (non-hydrogen) atoms. The molecule has 2 N–H and O–H groups in total. The van der Waals surface area contributed by atoms with E-state index in [4.69, 9.17) is 0 Å². The van der Waals surface area contributed by atoms with E-state index < -0.39 is 15.6 Å². The zero-order valence-corrected chi connectivity index (χ0v) is 17.9. The minimum absolute atomic E-state index is 0.0191. The molecule has 1 atom stereocenters. The van der Waals surface area contributed by atoms with Gasteiger partial charge in [0.15, 0.2) is 21.4 Å². The molecular weight excluding hydrogens is 392 g/mol. The van der Waals surface area contributed by atoms with Gasteiger partial charge >= 0.3 is 0 Å². The second kappa shape index (κ2) is 7.74. The third kappa shape index (κ3) is 3.73. The number of Topliss-reactive ketones (excluding diaryl/α,β-unsaturated/α-hetero) is 2. The highest BCUT2D eigenvalue weighted by molar-refractivity contribution is 7.91. The third-order valence-corrected chi connectivity index (χ3v) is 7.31. The zero-order chi connectivity index (χ0) is 21.5. The molecule has 1 heterocycles. The van der Waals surface area contributed by atoms with Gasteiger partial charge in [-0.2, -0.15) is 5.10 Å².